The number of amides is 1. The van der Waals surface area contributed by atoms with Crippen LogP contribution in [-0.4, -0.2) is 13.0 Å². The van der Waals surface area contributed by atoms with Crippen molar-refractivity contribution in [3.05, 3.63) is 105 Å². The van der Waals surface area contributed by atoms with E-state index in [2.05, 4.69) is 0 Å². The number of benzene rings is 3. The number of rotatable bonds is 3. The van der Waals surface area contributed by atoms with Crippen molar-refractivity contribution in [3.63, 3.8) is 0 Å². The topological polar surface area (TPSA) is 59.8 Å². The van der Waals surface area contributed by atoms with Crippen LogP contribution in [0.15, 0.2) is 75.9 Å². The molecule has 0 bridgehead atoms. The Morgan fingerprint density at radius 3 is 2.55 bits per heavy atom. The summed E-state index contributed by atoms with van der Waals surface area (Å²) < 4.78 is 25.0. The summed E-state index contributed by atoms with van der Waals surface area (Å²) in [5.41, 5.74) is 1.07. The van der Waals surface area contributed by atoms with Gasteiger partial charge in [-0.25, -0.2) is 4.39 Å². The van der Waals surface area contributed by atoms with Crippen LogP contribution in [-0.2, 0) is 0 Å². The minimum Gasteiger partial charge on any atom is -0.497 e. The van der Waals surface area contributed by atoms with Gasteiger partial charge < -0.3 is 9.15 Å². The molecule has 3 aromatic carbocycles. The highest BCUT2D eigenvalue weighted by Gasteiger charge is 2.43. The maximum Gasteiger partial charge on any atom is 0.295 e. The lowest BCUT2D eigenvalue weighted by Gasteiger charge is -2.25. The van der Waals surface area contributed by atoms with Gasteiger partial charge in [0.15, 0.2) is 5.43 Å². The zero-order valence-corrected chi connectivity index (χ0v) is 17.0. The molecule has 1 aliphatic rings. The molecule has 0 N–H and O–H groups in total. The van der Waals surface area contributed by atoms with E-state index in [1.165, 1.54) is 24.1 Å². The van der Waals surface area contributed by atoms with Crippen LogP contribution in [0.5, 0.6) is 5.75 Å². The molecule has 7 heteroatoms. The largest absolute Gasteiger partial charge is 0.497 e. The lowest BCUT2D eigenvalue weighted by Crippen LogP contribution is -2.29. The van der Waals surface area contributed by atoms with Gasteiger partial charge in [-0.1, -0.05) is 29.8 Å². The fourth-order valence-corrected chi connectivity index (χ4v) is 4.06. The number of hydrogen-bond acceptors (Lipinski definition) is 4. The van der Waals surface area contributed by atoms with Crippen LogP contribution in [0.3, 0.4) is 0 Å². The van der Waals surface area contributed by atoms with Crippen molar-refractivity contribution >= 4 is 34.2 Å². The Kier molecular flexibility index (Phi) is 4.52. The van der Waals surface area contributed by atoms with Gasteiger partial charge in [0.25, 0.3) is 5.91 Å². The third-order valence-corrected chi connectivity index (χ3v) is 5.60. The fourth-order valence-electron chi connectivity index (χ4n) is 3.93. The molecule has 2 heterocycles. The highest BCUT2D eigenvalue weighted by molar-refractivity contribution is 6.30. The van der Waals surface area contributed by atoms with Crippen molar-refractivity contribution in [1.29, 1.82) is 0 Å². The number of anilines is 1. The number of nitrogens with zero attached hydrogens (tertiary/aromatic N) is 1. The van der Waals surface area contributed by atoms with E-state index >= 15 is 0 Å². The van der Waals surface area contributed by atoms with Crippen LogP contribution in [0.4, 0.5) is 10.1 Å². The van der Waals surface area contributed by atoms with E-state index < -0.39 is 23.2 Å². The van der Waals surface area contributed by atoms with Crippen LogP contribution in [0.2, 0.25) is 5.02 Å². The monoisotopic (exact) mass is 435 g/mol. The van der Waals surface area contributed by atoms with E-state index in [1.54, 1.807) is 48.5 Å². The molecule has 31 heavy (non-hydrogen) atoms. The molecule has 0 spiro atoms. The maximum absolute atomic E-state index is 13.8. The van der Waals surface area contributed by atoms with Crippen molar-refractivity contribution < 1.29 is 18.3 Å². The summed E-state index contributed by atoms with van der Waals surface area (Å²) in [4.78, 5) is 28.4. The molecule has 0 radical (unpaired) electrons. The Labute approximate surface area is 181 Å². The van der Waals surface area contributed by atoms with Crippen LogP contribution in [0, 0.1) is 5.82 Å². The Balaban J connectivity index is 1.81. The number of carbonyl (C=O) groups excluding carboxylic acids is 1. The van der Waals surface area contributed by atoms with Crippen LogP contribution < -0.4 is 15.1 Å². The molecule has 0 fully saturated rings. The quantitative estimate of drug-likeness (QED) is 0.435. The summed E-state index contributed by atoms with van der Waals surface area (Å²) in [6, 6.07) is 16.7. The van der Waals surface area contributed by atoms with E-state index in [9.17, 15) is 14.0 Å². The highest BCUT2D eigenvalue weighted by atomic mass is 35.5. The lowest BCUT2D eigenvalue weighted by molar-refractivity contribution is 0.0971. The molecule has 0 aliphatic carbocycles. The standard InChI is InChI=1S/C24H15ClFNO4/c1-30-17-4-2-3-16(12-17)27-21(13-5-7-14(25)8-6-13)20-22(28)18-11-15(26)9-10-19(18)31-23(20)24(27)29/h2-12,21H,1H3. The van der Waals surface area contributed by atoms with Crippen molar-refractivity contribution in [2.24, 2.45) is 0 Å². The van der Waals surface area contributed by atoms with Crippen LogP contribution in [0.25, 0.3) is 11.0 Å². The molecule has 1 aromatic heterocycles. The predicted molar refractivity (Wildman–Crippen MR) is 116 cm³/mol. The molecule has 1 amide bonds. The number of carbonyl (C=O) groups is 1. The predicted octanol–water partition coefficient (Wildman–Crippen LogP) is 5.34. The summed E-state index contributed by atoms with van der Waals surface area (Å²) >= 11 is 6.05. The molecule has 1 atom stereocenters. The first-order valence-corrected chi connectivity index (χ1v) is 9.85. The van der Waals surface area contributed by atoms with Crippen molar-refractivity contribution in [1.82, 2.24) is 0 Å². The second-order valence-electron chi connectivity index (χ2n) is 7.15. The lowest BCUT2D eigenvalue weighted by atomic mass is 9.98. The average molecular weight is 436 g/mol. The fraction of sp³-hybridized carbons (Fsp3) is 0.0833. The van der Waals surface area contributed by atoms with E-state index in [4.69, 9.17) is 20.8 Å². The zero-order valence-electron chi connectivity index (χ0n) is 16.3. The zero-order chi connectivity index (χ0) is 21.7. The van der Waals surface area contributed by atoms with Gasteiger partial charge in [-0.15, -0.1) is 0 Å². The van der Waals surface area contributed by atoms with Crippen molar-refractivity contribution in [2.45, 2.75) is 6.04 Å². The Morgan fingerprint density at radius 1 is 1.03 bits per heavy atom. The number of halogens is 2. The van der Waals surface area contributed by atoms with Crippen LogP contribution in [0.1, 0.15) is 27.7 Å². The SMILES string of the molecule is COc1cccc(N2C(=O)c3oc4ccc(F)cc4c(=O)c3C2c2ccc(Cl)cc2)c1. The molecule has 5 nitrogen and oxygen atoms in total. The van der Waals surface area contributed by atoms with E-state index in [0.29, 0.717) is 22.0 Å². The number of hydrogen-bond donors (Lipinski definition) is 0. The molecular formula is C24H15ClFNO4. The van der Waals surface area contributed by atoms with Gasteiger partial charge in [0.1, 0.15) is 17.1 Å². The normalized spacial score (nSPS) is 15.4. The first-order valence-electron chi connectivity index (χ1n) is 9.47. The summed E-state index contributed by atoms with van der Waals surface area (Å²) in [6.45, 7) is 0. The first-order chi connectivity index (χ1) is 15.0. The van der Waals surface area contributed by atoms with Gasteiger partial charge in [-0.05, 0) is 48.0 Å². The molecule has 154 valence electrons. The maximum atomic E-state index is 13.8. The molecule has 4 aromatic rings. The molecule has 1 aliphatic heterocycles. The summed E-state index contributed by atoms with van der Waals surface area (Å²) in [7, 11) is 1.53. The second-order valence-corrected chi connectivity index (χ2v) is 7.58. The summed E-state index contributed by atoms with van der Waals surface area (Å²) in [6.07, 6.45) is 0. The summed E-state index contributed by atoms with van der Waals surface area (Å²) in [5.74, 6) is -0.530. The third kappa shape index (κ3) is 3.07. The Bertz CT molecular complexity index is 1400. The number of fused-ring (bicyclic) bond motifs is 2. The van der Waals surface area contributed by atoms with E-state index in [-0.39, 0.29) is 22.3 Å². The molecule has 1 unspecified atom stereocenters. The number of ether oxygens (including phenoxy) is 1. The molecule has 0 saturated heterocycles. The van der Waals surface area contributed by atoms with Gasteiger partial charge in [0, 0.05) is 16.8 Å². The third-order valence-electron chi connectivity index (χ3n) is 5.35. The van der Waals surface area contributed by atoms with Gasteiger partial charge in [-0.2, -0.15) is 0 Å². The molecule has 5 rings (SSSR count). The smallest absolute Gasteiger partial charge is 0.295 e. The van der Waals surface area contributed by atoms with Crippen molar-refractivity contribution in [3.8, 4) is 5.75 Å². The van der Waals surface area contributed by atoms with Crippen LogP contribution >= 0.6 is 11.6 Å². The summed E-state index contributed by atoms with van der Waals surface area (Å²) in [5, 5.41) is 0.604. The Morgan fingerprint density at radius 2 is 1.81 bits per heavy atom. The van der Waals surface area contributed by atoms with Gasteiger partial charge in [0.2, 0.25) is 5.76 Å². The second kappa shape index (κ2) is 7.25. The minimum atomic E-state index is -0.768. The minimum absolute atomic E-state index is 0.0631. The van der Waals surface area contributed by atoms with Gasteiger partial charge >= 0.3 is 0 Å². The molecule has 0 saturated carbocycles. The van der Waals surface area contributed by atoms with Gasteiger partial charge in [-0.3, -0.25) is 14.5 Å². The van der Waals surface area contributed by atoms with E-state index in [0.717, 1.165) is 6.07 Å². The number of methoxy groups -OCH3 is 1. The van der Waals surface area contributed by atoms with Crippen molar-refractivity contribution in [2.75, 3.05) is 12.0 Å². The van der Waals surface area contributed by atoms with E-state index in [1.807, 2.05) is 0 Å². The molecular weight excluding hydrogens is 421 g/mol. The highest BCUT2D eigenvalue weighted by Crippen LogP contribution is 2.42. The first kappa shape index (κ1) is 19.3. The Hall–Kier alpha value is -3.64. The average Bonchev–Trinajstić information content (AvgIpc) is 3.07. The van der Waals surface area contributed by atoms with Gasteiger partial charge in [0.05, 0.1) is 24.1 Å².